The van der Waals surface area contributed by atoms with Crippen molar-refractivity contribution in [2.45, 2.75) is 24.8 Å². The van der Waals surface area contributed by atoms with Crippen LogP contribution in [0.2, 0.25) is 0 Å². The molecule has 0 aromatic heterocycles. The molecule has 1 aromatic rings. The number of fused-ring (bicyclic) bond motifs is 1. The van der Waals surface area contributed by atoms with Gasteiger partial charge in [-0.3, -0.25) is 4.79 Å². The van der Waals surface area contributed by atoms with E-state index in [1.54, 1.807) is 0 Å². The molecule has 2 heterocycles. The maximum Gasteiger partial charge on any atom is 0.431 e. The zero-order valence-electron chi connectivity index (χ0n) is 12.4. The highest BCUT2D eigenvalue weighted by atomic mass is 19.4. The first-order valence-corrected chi connectivity index (χ1v) is 6.88. The third kappa shape index (κ3) is 2.65. The van der Waals surface area contributed by atoms with Gasteiger partial charge in [0.05, 0.1) is 22.9 Å². The number of nitriles is 1. The van der Waals surface area contributed by atoms with Crippen molar-refractivity contribution in [2.75, 3.05) is 4.90 Å². The SMILES string of the molecule is N#Cc1ccc(N2C(=O)C3CC(C(F)(F)F)=NN3C2=O)cc1C(F)(F)F. The predicted molar refractivity (Wildman–Crippen MR) is 72.8 cm³/mol. The zero-order chi connectivity index (χ0) is 19.4. The fourth-order valence-corrected chi connectivity index (χ4v) is 2.64. The number of rotatable bonds is 1. The number of hydrogen-bond acceptors (Lipinski definition) is 4. The molecule has 0 aliphatic carbocycles. The summed E-state index contributed by atoms with van der Waals surface area (Å²) in [4.78, 5) is 24.8. The van der Waals surface area contributed by atoms with Crippen molar-refractivity contribution in [3.63, 3.8) is 0 Å². The molecule has 0 spiro atoms. The lowest BCUT2D eigenvalue weighted by molar-refractivity contribution is -0.137. The average molecular weight is 376 g/mol. The van der Waals surface area contributed by atoms with Crippen LogP contribution < -0.4 is 4.90 Å². The Morgan fingerprint density at radius 3 is 2.27 bits per heavy atom. The molecule has 1 fully saturated rings. The van der Waals surface area contributed by atoms with Crippen LogP contribution in [0.1, 0.15) is 17.5 Å². The molecule has 3 amide bonds. The normalized spacial score (nSPS) is 20.3. The highest BCUT2D eigenvalue weighted by molar-refractivity contribution is 6.23. The van der Waals surface area contributed by atoms with E-state index in [4.69, 9.17) is 5.26 Å². The van der Waals surface area contributed by atoms with Crippen LogP contribution in [0.25, 0.3) is 0 Å². The number of alkyl halides is 6. The molecule has 1 aromatic carbocycles. The number of nitrogens with zero attached hydrogens (tertiary/aromatic N) is 4. The van der Waals surface area contributed by atoms with Crippen LogP contribution in [-0.4, -0.2) is 34.9 Å². The number of amides is 3. The lowest BCUT2D eigenvalue weighted by Crippen LogP contribution is -2.34. The number of carbonyl (C=O) groups excluding carboxylic acids is 2. The van der Waals surface area contributed by atoms with Crippen molar-refractivity contribution < 1.29 is 35.9 Å². The van der Waals surface area contributed by atoms with Gasteiger partial charge >= 0.3 is 18.4 Å². The fourth-order valence-electron chi connectivity index (χ4n) is 2.64. The average Bonchev–Trinajstić information content (AvgIpc) is 3.07. The number of urea groups is 1. The molecule has 0 N–H and O–H groups in total. The Balaban J connectivity index is 2.01. The summed E-state index contributed by atoms with van der Waals surface area (Å²) < 4.78 is 77.0. The lowest BCUT2D eigenvalue weighted by atomic mass is 10.1. The van der Waals surface area contributed by atoms with Gasteiger partial charge in [-0.05, 0) is 18.2 Å². The van der Waals surface area contributed by atoms with Crippen molar-refractivity contribution in [2.24, 2.45) is 5.10 Å². The number of benzene rings is 1. The Kier molecular flexibility index (Phi) is 3.71. The quantitative estimate of drug-likeness (QED) is 0.558. The predicted octanol–water partition coefficient (Wildman–Crippen LogP) is 3.04. The first kappa shape index (κ1) is 17.7. The minimum absolute atomic E-state index is 0.302. The summed E-state index contributed by atoms with van der Waals surface area (Å²) >= 11 is 0. The standard InChI is InChI=1S/C14H6F6N4O2/c15-13(16,17)8-3-7(2-1-6(8)5-21)23-11(25)9-4-10(14(18,19)20)22-24(9)12(23)26/h1-3,9H,4H2. The van der Waals surface area contributed by atoms with Crippen LogP contribution in [0.3, 0.4) is 0 Å². The minimum Gasteiger partial charge on any atom is -0.271 e. The van der Waals surface area contributed by atoms with Gasteiger partial charge in [0.25, 0.3) is 5.91 Å². The highest BCUT2D eigenvalue weighted by Crippen LogP contribution is 2.38. The summed E-state index contributed by atoms with van der Waals surface area (Å²) in [7, 11) is 0. The summed E-state index contributed by atoms with van der Waals surface area (Å²) in [6, 6.07) is 0.602. The van der Waals surface area contributed by atoms with E-state index in [1.807, 2.05) is 0 Å². The Bertz CT molecular complexity index is 883. The molecule has 12 heteroatoms. The topological polar surface area (TPSA) is 76.8 Å². The first-order valence-electron chi connectivity index (χ1n) is 6.88. The maximum absolute atomic E-state index is 13.0. The van der Waals surface area contributed by atoms with Gasteiger partial charge in [0.1, 0.15) is 11.8 Å². The van der Waals surface area contributed by atoms with E-state index >= 15 is 0 Å². The van der Waals surface area contributed by atoms with Crippen LogP contribution in [0.15, 0.2) is 23.3 Å². The second-order valence-electron chi connectivity index (χ2n) is 5.40. The summed E-state index contributed by atoms with van der Waals surface area (Å²) in [6.07, 6.45) is -10.6. The zero-order valence-corrected chi connectivity index (χ0v) is 12.4. The first-order chi connectivity index (χ1) is 11.9. The van der Waals surface area contributed by atoms with Crippen LogP contribution in [0.4, 0.5) is 36.8 Å². The molecule has 6 nitrogen and oxygen atoms in total. The third-order valence-electron chi connectivity index (χ3n) is 3.82. The summed E-state index contributed by atoms with van der Waals surface area (Å²) in [5.74, 6) is -1.13. The molecule has 0 bridgehead atoms. The van der Waals surface area contributed by atoms with E-state index in [2.05, 4.69) is 5.10 Å². The summed E-state index contributed by atoms with van der Waals surface area (Å²) in [5, 5.41) is 12.1. The molecular formula is C14H6F6N4O2. The molecular weight excluding hydrogens is 370 g/mol. The Morgan fingerprint density at radius 2 is 1.77 bits per heavy atom. The van der Waals surface area contributed by atoms with E-state index in [9.17, 15) is 35.9 Å². The molecule has 26 heavy (non-hydrogen) atoms. The van der Waals surface area contributed by atoms with Gasteiger partial charge in [0.2, 0.25) is 0 Å². The second-order valence-corrected chi connectivity index (χ2v) is 5.40. The van der Waals surface area contributed by atoms with Gasteiger partial charge in [-0.2, -0.15) is 36.7 Å². The Hall–Kier alpha value is -3.10. The van der Waals surface area contributed by atoms with E-state index in [0.29, 0.717) is 16.0 Å². The summed E-state index contributed by atoms with van der Waals surface area (Å²) in [6.45, 7) is 0. The van der Waals surface area contributed by atoms with E-state index in [1.165, 1.54) is 6.07 Å². The van der Waals surface area contributed by atoms with Gasteiger partial charge < -0.3 is 0 Å². The molecule has 2 aliphatic rings. The largest absolute Gasteiger partial charge is 0.431 e. The molecule has 1 unspecified atom stereocenters. The van der Waals surface area contributed by atoms with Gasteiger partial charge in [-0.1, -0.05) is 0 Å². The van der Waals surface area contributed by atoms with Crippen LogP contribution in [-0.2, 0) is 11.0 Å². The molecule has 0 saturated carbocycles. The molecule has 1 atom stereocenters. The number of hydrazone groups is 1. The lowest BCUT2D eigenvalue weighted by Gasteiger charge is -2.17. The van der Waals surface area contributed by atoms with Gasteiger partial charge in [-0.15, -0.1) is 0 Å². The number of imide groups is 1. The third-order valence-corrected chi connectivity index (χ3v) is 3.82. The van der Waals surface area contributed by atoms with Crippen LogP contribution >= 0.6 is 0 Å². The second kappa shape index (κ2) is 5.45. The molecule has 2 aliphatic heterocycles. The van der Waals surface area contributed by atoms with Crippen molar-refractivity contribution in [3.8, 4) is 6.07 Å². The Morgan fingerprint density at radius 1 is 1.12 bits per heavy atom. The minimum atomic E-state index is -4.93. The Labute approximate surface area is 140 Å². The van der Waals surface area contributed by atoms with Gasteiger partial charge in [0, 0.05) is 6.42 Å². The number of halogens is 6. The number of hydrogen-bond donors (Lipinski definition) is 0. The van der Waals surface area contributed by atoms with Crippen LogP contribution in [0.5, 0.6) is 0 Å². The van der Waals surface area contributed by atoms with Crippen molar-refractivity contribution in [1.82, 2.24) is 5.01 Å². The van der Waals surface area contributed by atoms with Gasteiger partial charge in [-0.25, -0.2) is 14.7 Å². The fraction of sp³-hybridized carbons (Fsp3) is 0.286. The van der Waals surface area contributed by atoms with Crippen molar-refractivity contribution in [3.05, 3.63) is 29.3 Å². The molecule has 3 rings (SSSR count). The van der Waals surface area contributed by atoms with E-state index in [-0.39, 0.29) is 0 Å². The van der Waals surface area contributed by atoms with E-state index < -0.39 is 59.3 Å². The summed E-state index contributed by atoms with van der Waals surface area (Å²) in [5.41, 5.74) is -3.92. The van der Waals surface area contributed by atoms with Crippen molar-refractivity contribution >= 4 is 23.3 Å². The number of carbonyl (C=O) groups is 2. The van der Waals surface area contributed by atoms with E-state index in [0.717, 1.165) is 12.1 Å². The maximum atomic E-state index is 13.0. The van der Waals surface area contributed by atoms with Crippen LogP contribution in [0, 0.1) is 11.3 Å². The molecule has 136 valence electrons. The monoisotopic (exact) mass is 376 g/mol. The highest BCUT2D eigenvalue weighted by Gasteiger charge is 2.54. The van der Waals surface area contributed by atoms with Gasteiger partial charge in [0.15, 0.2) is 0 Å². The molecule has 0 radical (unpaired) electrons. The number of anilines is 1. The smallest absolute Gasteiger partial charge is 0.271 e. The molecule has 1 saturated heterocycles. The van der Waals surface area contributed by atoms with Crippen molar-refractivity contribution in [1.29, 1.82) is 5.26 Å².